The zero-order valence-corrected chi connectivity index (χ0v) is 13.2. The van der Waals surface area contributed by atoms with Crippen molar-refractivity contribution in [3.8, 4) is 0 Å². The van der Waals surface area contributed by atoms with Crippen LogP contribution in [-0.2, 0) is 13.7 Å². The van der Waals surface area contributed by atoms with Crippen LogP contribution in [0.2, 0.25) is 0 Å². The summed E-state index contributed by atoms with van der Waals surface area (Å²) in [6, 6.07) is 0. The lowest BCUT2D eigenvalue weighted by Gasteiger charge is -2.39. The van der Waals surface area contributed by atoms with Gasteiger partial charge in [0.25, 0.3) is 0 Å². The second kappa shape index (κ2) is 7.29. The largest absolute Gasteiger partial charge is 0.471 e. The van der Waals surface area contributed by atoms with Crippen LogP contribution in [-0.4, -0.2) is 44.0 Å². The van der Waals surface area contributed by atoms with Gasteiger partial charge in [0, 0.05) is 6.42 Å². The van der Waals surface area contributed by atoms with Gasteiger partial charge in [-0.15, -0.1) is 0 Å². The van der Waals surface area contributed by atoms with Crippen molar-refractivity contribution < 1.29 is 33.2 Å². The molecule has 0 rings (SSSR count). The summed E-state index contributed by atoms with van der Waals surface area (Å²) in [6.07, 6.45) is 2.76. The molecule has 0 aliphatic rings. The van der Waals surface area contributed by atoms with Crippen LogP contribution >= 0.6 is 15.4 Å². The molecule has 0 radical (unpaired) electrons. The summed E-state index contributed by atoms with van der Waals surface area (Å²) < 4.78 is 27.1. The van der Waals surface area contributed by atoms with Gasteiger partial charge in [-0.05, 0) is 20.5 Å². The summed E-state index contributed by atoms with van der Waals surface area (Å²) in [7, 11) is -7.30. The zero-order valence-electron chi connectivity index (χ0n) is 11.4. The van der Waals surface area contributed by atoms with Crippen molar-refractivity contribution in [3.63, 3.8) is 0 Å². The van der Waals surface area contributed by atoms with Crippen LogP contribution in [0.1, 0.15) is 39.0 Å². The van der Waals surface area contributed by atoms with E-state index in [4.69, 9.17) is 9.79 Å². The summed E-state index contributed by atoms with van der Waals surface area (Å²) in [4.78, 5) is 37.6. The molecule has 0 heterocycles. The van der Waals surface area contributed by atoms with E-state index in [-0.39, 0.29) is 6.42 Å². The van der Waals surface area contributed by atoms with Crippen molar-refractivity contribution in [2.45, 2.75) is 44.5 Å². The Hall–Kier alpha value is 0.220. The maximum Gasteiger partial charge on any atom is 0.471 e. The van der Waals surface area contributed by atoms with Crippen LogP contribution in [0.4, 0.5) is 0 Å². The number of phosphoric acid groups is 1. The van der Waals surface area contributed by atoms with Crippen molar-refractivity contribution >= 4 is 15.4 Å². The molecule has 4 N–H and O–H groups in total. The van der Waals surface area contributed by atoms with Gasteiger partial charge < -0.3 is 19.6 Å². The van der Waals surface area contributed by atoms with Gasteiger partial charge in [0.05, 0.1) is 0 Å². The fourth-order valence-corrected chi connectivity index (χ4v) is 4.13. The van der Waals surface area contributed by atoms with Crippen LogP contribution < -0.4 is 0 Å². The average Bonchev–Trinajstić information content (AvgIpc) is 2.18. The Morgan fingerprint density at radius 2 is 1.58 bits per heavy atom. The van der Waals surface area contributed by atoms with Gasteiger partial charge in [-0.1, -0.05) is 26.2 Å². The summed E-state index contributed by atoms with van der Waals surface area (Å²) in [5.74, 6) is 0. The first-order valence-electron chi connectivity index (χ1n) is 5.95. The van der Waals surface area contributed by atoms with Crippen LogP contribution in [0.5, 0.6) is 0 Å². The van der Waals surface area contributed by atoms with Crippen LogP contribution in [0.3, 0.4) is 0 Å². The quantitative estimate of drug-likeness (QED) is 0.286. The molecule has 0 spiro atoms. The van der Waals surface area contributed by atoms with Crippen molar-refractivity contribution in [2.24, 2.45) is 0 Å². The first kappa shape index (κ1) is 19.2. The molecule has 0 saturated heterocycles. The van der Waals surface area contributed by atoms with E-state index in [9.17, 15) is 18.9 Å². The summed E-state index contributed by atoms with van der Waals surface area (Å²) >= 11 is 0. The van der Waals surface area contributed by atoms with E-state index in [2.05, 4.69) is 4.52 Å². The number of hydrogen-bond acceptors (Lipinski definition) is 4. The number of rotatable bonds is 9. The third kappa shape index (κ3) is 6.02. The fourth-order valence-electron chi connectivity index (χ4n) is 1.78. The monoisotopic (exact) mass is 319 g/mol. The Kier molecular flexibility index (Phi) is 7.38. The third-order valence-corrected chi connectivity index (χ3v) is 5.08. The van der Waals surface area contributed by atoms with E-state index in [1.54, 1.807) is 0 Å². The van der Waals surface area contributed by atoms with E-state index < -0.39 is 20.9 Å². The number of unbranched alkanes of at least 4 members (excludes halogenated alkanes) is 3. The molecular formula is C9H23NO7P2. The molecule has 0 aromatic heterocycles. The molecule has 0 fully saturated rings. The fraction of sp³-hybridized carbons (Fsp3) is 1.00. The molecule has 8 nitrogen and oxygen atoms in total. The van der Waals surface area contributed by atoms with Crippen molar-refractivity contribution in [3.05, 3.63) is 0 Å². The minimum Gasteiger partial charge on any atom is -0.321 e. The van der Waals surface area contributed by atoms with Gasteiger partial charge >= 0.3 is 15.4 Å². The highest BCUT2D eigenvalue weighted by Crippen LogP contribution is 2.60. The Balaban J connectivity index is 5.18. The van der Waals surface area contributed by atoms with Crippen LogP contribution in [0, 0.1) is 0 Å². The van der Waals surface area contributed by atoms with E-state index >= 15 is 0 Å². The van der Waals surface area contributed by atoms with Gasteiger partial charge in [0.15, 0.2) is 0 Å². The van der Waals surface area contributed by atoms with Gasteiger partial charge in [0.1, 0.15) is 0 Å². The smallest absolute Gasteiger partial charge is 0.321 e. The van der Waals surface area contributed by atoms with E-state index in [0.717, 1.165) is 17.7 Å². The standard InChI is InChI=1S/C9H23NO7P2/c1-4-5-6-7-8-9(10(2)3,18(11,12)13)17-19(14,15)16/h4-8H2,1-3H3,(H2,11,12,13)(H2,14,15,16). The average molecular weight is 319 g/mol. The number of hydrogen-bond donors (Lipinski definition) is 4. The van der Waals surface area contributed by atoms with E-state index in [1.165, 1.54) is 14.1 Å². The minimum absolute atomic E-state index is 0.157. The van der Waals surface area contributed by atoms with Gasteiger partial charge in [-0.2, -0.15) is 0 Å². The SMILES string of the molecule is CCCCCCC(OP(=O)(O)O)(N(C)C)P(=O)(O)O. The number of phosphoric ester groups is 1. The Labute approximate surface area is 113 Å². The zero-order chi connectivity index (χ0) is 15.3. The maximum atomic E-state index is 11.6. The van der Waals surface area contributed by atoms with Crippen molar-refractivity contribution in [1.82, 2.24) is 4.90 Å². The van der Waals surface area contributed by atoms with Crippen molar-refractivity contribution in [1.29, 1.82) is 0 Å². The molecule has 1 atom stereocenters. The topological polar surface area (TPSA) is 128 Å². The summed E-state index contributed by atoms with van der Waals surface area (Å²) in [5, 5.41) is 0. The Bertz CT molecular complexity index is 364. The minimum atomic E-state index is -5.03. The normalized spacial score (nSPS) is 16.6. The first-order valence-corrected chi connectivity index (χ1v) is 9.10. The Morgan fingerprint density at radius 3 is 1.89 bits per heavy atom. The first-order chi connectivity index (χ1) is 8.46. The molecule has 10 heteroatoms. The summed E-state index contributed by atoms with van der Waals surface area (Å²) in [6.45, 7) is 1.98. The third-order valence-electron chi connectivity index (χ3n) is 2.78. The highest BCUT2D eigenvalue weighted by Gasteiger charge is 2.53. The summed E-state index contributed by atoms with van der Waals surface area (Å²) in [5.41, 5.74) is -2.29. The van der Waals surface area contributed by atoms with Gasteiger partial charge in [0.2, 0.25) is 5.47 Å². The molecule has 0 aliphatic heterocycles. The second-order valence-electron chi connectivity index (χ2n) is 4.57. The molecule has 0 aromatic carbocycles. The molecule has 19 heavy (non-hydrogen) atoms. The lowest BCUT2D eigenvalue weighted by Crippen LogP contribution is -2.45. The molecule has 0 aliphatic carbocycles. The predicted molar refractivity (Wildman–Crippen MR) is 70.4 cm³/mol. The molecule has 0 aromatic rings. The molecule has 116 valence electrons. The molecule has 0 saturated carbocycles. The molecule has 0 amide bonds. The van der Waals surface area contributed by atoms with E-state index in [0.29, 0.717) is 12.8 Å². The van der Waals surface area contributed by atoms with Gasteiger partial charge in [-0.3, -0.25) is 14.0 Å². The predicted octanol–water partition coefficient (Wildman–Crippen LogP) is 1.46. The van der Waals surface area contributed by atoms with Crippen LogP contribution in [0.15, 0.2) is 0 Å². The maximum absolute atomic E-state index is 11.6. The van der Waals surface area contributed by atoms with Gasteiger partial charge in [-0.25, -0.2) is 4.57 Å². The lowest BCUT2D eigenvalue weighted by molar-refractivity contribution is -0.0328. The molecular weight excluding hydrogens is 296 g/mol. The molecule has 0 bridgehead atoms. The lowest BCUT2D eigenvalue weighted by atomic mass is 10.1. The highest BCUT2D eigenvalue weighted by molar-refractivity contribution is 7.54. The Morgan fingerprint density at radius 1 is 1.05 bits per heavy atom. The molecule has 1 unspecified atom stereocenters. The van der Waals surface area contributed by atoms with Crippen LogP contribution in [0.25, 0.3) is 0 Å². The number of nitrogens with zero attached hydrogens (tertiary/aromatic N) is 1. The van der Waals surface area contributed by atoms with E-state index in [1.807, 2.05) is 6.92 Å². The highest BCUT2D eigenvalue weighted by atomic mass is 31.2. The second-order valence-corrected chi connectivity index (χ2v) is 7.52. The van der Waals surface area contributed by atoms with Crippen molar-refractivity contribution in [2.75, 3.05) is 14.1 Å².